The molecule has 0 bridgehead atoms. The molecule has 0 aliphatic rings. The quantitative estimate of drug-likeness (QED) is 0.753. The molecule has 0 saturated carbocycles. The normalized spacial score (nSPS) is 14.5. The van der Waals surface area contributed by atoms with Crippen molar-refractivity contribution in [3.8, 4) is 0 Å². The van der Waals surface area contributed by atoms with Crippen LogP contribution in [-0.2, 0) is 4.74 Å². The van der Waals surface area contributed by atoms with E-state index in [1.807, 2.05) is 12.4 Å². The number of hydrogen-bond donors (Lipinski definition) is 1. The highest BCUT2D eigenvalue weighted by molar-refractivity contribution is 5.09. The van der Waals surface area contributed by atoms with Gasteiger partial charge in [0.25, 0.3) is 0 Å². The fraction of sp³-hybridized carbons (Fsp3) is 0.692. The maximum absolute atomic E-state index is 5.19. The highest BCUT2D eigenvalue weighted by Crippen LogP contribution is 2.20. The second-order valence-corrected chi connectivity index (χ2v) is 4.47. The molecule has 0 amide bonds. The molecule has 4 heteroatoms. The first-order valence-electron chi connectivity index (χ1n) is 6.25. The van der Waals surface area contributed by atoms with E-state index in [9.17, 15) is 0 Å². The van der Waals surface area contributed by atoms with Gasteiger partial charge in [0, 0.05) is 37.7 Å². The fourth-order valence-electron chi connectivity index (χ4n) is 1.90. The first kappa shape index (κ1) is 14.1. The van der Waals surface area contributed by atoms with Gasteiger partial charge >= 0.3 is 0 Å². The van der Waals surface area contributed by atoms with Crippen LogP contribution in [0.15, 0.2) is 18.7 Å². The summed E-state index contributed by atoms with van der Waals surface area (Å²) >= 11 is 0. The van der Waals surface area contributed by atoms with Crippen molar-refractivity contribution in [1.29, 1.82) is 0 Å². The molecule has 1 rings (SSSR count). The Morgan fingerprint density at radius 1 is 1.35 bits per heavy atom. The Balaban J connectivity index is 2.60. The zero-order chi connectivity index (χ0) is 12.5. The van der Waals surface area contributed by atoms with Crippen LogP contribution in [0.1, 0.15) is 38.3 Å². The van der Waals surface area contributed by atoms with Gasteiger partial charge in [0.1, 0.15) is 6.33 Å². The number of nitrogens with one attached hydrogen (secondary N) is 1. The van der Waals surface area contributed by atoms with Crippen LogP contribution >= 0.6 is 0 Å². The Morgan fingerprint density at radius 3 is 2.65 bits per heavy atom. The molecular formula is C13H23N3O. The van der Waals surface area contributed by atoms with Gasteiger partial charge in [-0.1, -0.05) is 13.8 Å². The lowest BCUT2D eigenvalue weighted by atomic mass is 9.98. The van der Waals surface area contributed by atoms with Gasteiger partial charge in [-0.25, -0.2) is 9.97 Å². The van der Waals surface area contributed by atoms with Gasteiger partial charge in [-0.15, -0.1) is 0 Å². The zero-order valence-electron chi connectivity index (χ0n) is 11.0. The lowest BCUT2D eigenvalue weighted by Crippen LogP contribution is -2.25. The van der Waals surface area contributed by atoms with Gasteiger partial charge in [-0.2, -0.15) is 0 Å². The smallest absolute Gasteiger partial charge is 0.115 e. The van der Waals surface area contributed by atoms with E-state index in [1.54, 1.807) is 13.4 Å². The van der Waals surface area contributed by atoms with Gasteiger partial charge in [-0.3, -0.25) is 0 Å². The molecule has 1 N–H and O–H groups in total. The van der Waals surface area contributed by atoms with Crippen LogP contribution in [-0.4, -0.2) is 30.2 Å². The molecule has 1 aromatic heterocycles. The van der Waals surface area contributed by atoms with Gasteiger partial charge in [-0.05, 0) is 25.3 Å². The monoisotopic (exact) mass is 237 g/mol. The minimum absolute atomic E-state index is 0.321. The second-order valence-electron chi connectivity index (χ2n) is 4.47. The van der Waals surface area contributed by atoms with Gasteiger partial charge in [0.05, 0.1) is 0 Å². The predicted molar refractivity (Wildman–Crippen MR) is 68.7 cm³/mol. The first-order valence-corrected chi connectivity index (χ1v) is 6.25. The van der Waals surface area contributed by atoms with E-state index in [2.05, 4.69) is 29.1 Å². The van der Waals surface area contributed by atoms with Gasteiger partial charge in [0.15, 0.2) is 0 Å². The summed E-state index contributed by atoms with van der Waals surface area (Å²) in [5, 5.41) is 3.54. The minimum atomic E-state index is 0.321. The Bertz CT molecular complexity index is 292. The average Bonchev–Trinajstić information content (AvgIpc) is 2.36. The second kappa shape index (κ2) is 8.14. The molecule has 0 aromatic carbocycles. The number of aromatic nitrogens is 2. The van der Waals surface area contributed by atoms with E-state index in [-0.39, 0.29) is 0 Å². The number of nitrogens with zero attached hydrogens (tertiary/aromatic N) is 2. The standard InChI is InChI=1S/C13H23N3O/c1-4-5-16-13(6-11(2)9-17-3)12-7-14-10-15-8-12/h7-8,10-11,13,16H,4-6,9H2,1-3H3. The largest absolute Gasteiger partial charge is 0.384 e. The van der Waals surface area contributed by atoms with Crippen molar-refractivity contribution >= 4 is 0 Å². The number of ether oxygens (including phenoxy) is 1. The molecule has 4 nitrogen and oxygen atoms in total. The Hall–Kier alpha value is -1.00. The molecule has 0 saturated heterocycles. The summed E-state index contributed by atoms with van der Waals surface area (Å²) in [6, 6.07) is 0.321. The molecule has 0 radical (unpaired) electrons. The minimum Gasteiger partial charge on any atom is -0.384 e. The summed E-state index contributed by atoms with van der Waals surface area (Å²) in [5.41, 5.74) is 1.16. The first-order chi connectivity index (χ1) is 8.27. The van der Waals surface area contributed by atoms with Crippen LogP contribution in [0, 0.1) is 5.92 Å². The van der Waals surface area contributed by atoms with E-state index in [1.165, 1.54) is 0 Å². The summed E-state index contributed by atoms with van der Waals surface area (Å²) in [6.07, 6.45) is 7.52. The number of hydrogen-bond acceptors (Lipinski definition) is 4. The Kier molecular flexibility index (Phi) is 6.74. The third-order valence-electron chi connectivity index (χ3n) is 2.71. The summed E-state index contributed by atoms with van der Waals surface area (Å²) in [6.45, 7) is 6.18. The summed E-state index contributed by atoms with van der Waals surface area (Å²) in [7, 11) is 1.75. The maximum atomic E-state index is 5.19. The van der Waals surface area contributed by atoms with Crippen molar-refractivity contribution in [2.75, 3.05) is 20.3 Å². The average molecular weight is 237 g/mol. The van der Waals surface area contributed by atoms with Crippen LogP contribution in [0.5, 0.6) is 0 Å². The van der Waals surface area contributed by atoms with Crippen molar-refractivity contribution in [1.82, 2.24) is 15.3 Å². The van der Waals surface area contributed by atoms with Crippen LogP contribution in [0.25, 0.3) is 0 Å². The Morgan fingerprint density at radius 2 is 2.06 bits per heavy atom. The van der Waals surface area contributed by atoms with Crippen molar-refractivity contribution in [3.63, 3.8) is 0 Å². The molecule has 2 atom stereocenters. The number of methoxy groups -OCH3 is 1. The lowest BCUT2D eigenvalue weighted by Gasteiger charge is -2.21. The topological polar surface area (TPSA) is 47.0 Å². The maximum Gasteiger partial charge on any atom is 0.115 e. The van der Waals surface area contributed by atoms with Crippen LogP contribution < -0.4 is 5.32 Å². The third kappa shape index (κ3) is 5.24. The molecular weight excluding hydrogens is 214 g/mol. The van der Waals surface area contributed by atoms with Crippen molar-refractivity contribution in [2.45, 2.75) is 32.7 Å². The summed E-state index contributed by atoms with van der Waals surface area (Å²) in [4.78, 5) is 8.17. The van der Waals surface area contributed by atoms with Crippen molar-refractivity contribution < 1.29 is 4.74 Å². The van der Waals surface area contributed by atoms with E-state index >= 15 is 0 Å². The highest BCUT2D eigenvalue weighted by atomic mass is 16.5. The predicted octanol–water partition coefficient (Wildman–Crippen LogP) is 2.19. The molecule has 0 aliphatic heterocycles. The van der Waals surface area contributed by atoms with Crippen molar-refractivity contribution in [3.05, 3.63) is 24.3 Å². The van der Waals surface area contributed by atoms with Crippen LogP contribution in [0.3, 0.4) is 0 Å². The molecule has 0 spiro atoms. The molecule has 1 heterocycles. The van der Waals surface area contributed by atoms with E-state index in [0.29, 0.717) is 12.0 Å². The van der Waals surface area contributed by atoms with Crippen molar-refractivity contribution in [2.24, 2.45) is 5.92 Å². The third-order valence-corrected chi connectivity index (χ3v) is 2.71. The van der Waals surface area contributed by atoms with E-state index < -0.39 is 0 Å². The van der Waals surface area contributed by atoms with E-state index in [0.717, 1.165) is 31.6 Å². The molecule has 17 heavy (non-hydrogen) atoms. The summed E-state index contributed by atoms with van der Waals surface area (Å²) in [5.74, 6) is 0.523. The van der Waals surface area contributed by atoms with Gasteiger partial charge < -0.3 is 10.1 Å². The van der Waals surface area contributed by atoms with E-state index in [4.69, 9.17) is 4.74 Å². The molecule has 1 aromatic rings. The Labute approximate surface area is 104 Å². The SMILES string of the molecule is CCCNC(CC(C)COC)c1cncnc1. The lowest BCUT2D eigenvalue weighted by molar-refractivity contribution is 0.149. The van der Waals surface area contributed by atoms with Gasteiger partial charge in [0.2, 0.25) is 0 Å². The molecule has 0 aliphatic carbocycles. The molecule has 0 fully saturated rings. The fourth-order valence-corrected chi connectivity index (χ4v) is 1.90. The number of rotatable bonds is 8. The van der Waals surface area contributed by atoms with Crippen LogP contribution in [0.4, 0.5) is 0 Å². The van der Waals surface area contributed by atoms with Crippen LogP contribution in [0.2, 0.25) is 0 Å². The summed E-state index contributed by atoms with van der Waals surface area (Å²) < 4.78 is 5.19. The highest BCUT2D eigenvalue weighted by Gasteiger charge is 2.15. The molecule has 96 valence electrons. The zero-order valence-corrected chi connectivity index (χ0v) is 11.0. The molecule has 2 unspecified atom stereocenters.